The highest BCUT2D eigenvalue weighted by molar-refractivity contribution is 7.89. The van der Waals surface area contributed by atoms with E-state index in [1.54, 1.807) is 6.07 Å². The molecule has 0 bridgehead atoms. The molecule has 0 radical (unpaired) electrons. The number of hydrogen-bond donors (Lipinski definition) is 2. The van der Waals surface area contributed by atoms with Crippen molar-refractivity contribution in [2.45, 2.75) is 44.4 Å². The summed E-state index contributed by atoms with van der Waals surface area (Å²) in [5.74, 6) is 1.15. The van der Waals surface area contributed by atoms with Crippen molar-refractivity contribution in [2.75, 3.05) is 6.54 Å². The molecule has 0 atom stereocenters. The summed E-state index contributed by atoms with van der Waals surface area (Å²) in [6.45, 7) is 5.11. The Bertz CT molecular complexity index is 489. The van der Waals surface area contributed by atoms with E-state index in [1.807, 2.05) is 13.8 Å². The highest BCUT2D eigenvalue weighted by Gasteiger charge is 2.25. The van der Waals surface area contributed by atoms with Crippen molar-refractivity contribution < 1.29 is 12.8 Å². The maximum Gasteiger partial charge on any atom is 0.273 e. The molecule has 0 unspecified atom stereocenters. The largest absolute Gasteiger partial charge is 0.447 e. The Balaban J connectivity index is 1.94. The molecule has 0 aromatic carbocycles. The second kappa shape index (κ2) is 5.42. The molecule has 1 fully saturated rings. The van der Waals surface area contributed by atoms with Crippen LogP contribution in [-0.2, 0) is 16.6 Å². The lowest BCUT2D eigenvalue weighted by atomic mass is 10.3. The van der Waals surface area contributed by atoms with Crippen molar-refractivity contribution in [3.63, 3.8) is 0 Å². The first-order valence-electron chi connectivity index (χ1n) is 6.29. The van der Waals surface area contributed by atoms with Crippen LogP contribution in [0.4, 0.5) is 0 Å². The predicted octanol–water partition coefficient (Wildman–Crippen LogP) is 1.47. The molecule has 1 aliphatic carbocycles. The summed E-state index contributed by atoms with van der Waals surface area (Å²) >= 11 is 0. The van der Waals surface area contributed by atoms with Gasteiger partial charge < -0.3 is 9.73 Å². The van der Waals surface area contributed by atoms with E-state index in [0.717, 1.165) is 12.8 Å². The normalized spacial score (nSPS) is 16.4. The highest BCUT2D eigenvalue weighted by Crippen LogP contribution is 2.28. The lowest BCUT2D eigenvalue weighted by Gasteiger charge is -2.05. The molecule has 0 aliphatic heterocycles. The summed E-state index contributed by atoms with van der Waals surface area (Å²) in [4.78, 5) is 0. The van der Waals surface area contributed by atoms with E-state index < -0.39 is 10.0 Å². The van der Waals surface area contributed by atoms with Crippen LogP contribution in [0.2, 0.25) is 0 Å². The van der Waals surface area contributed by atoms with Gasteiger partial charge in [-0.25, -0.2) is 13.1 Å². The van der Waals surface area contributed by atoms with Crippen molar-refractivity contribution in [3.05, 3.63) is 17.9 Å². The van der Waals surface area contributed by atoms with E-state index in [1.165, 1.54) is 6.07 Å². The molecule has 1 aromatic rings. The summed E-state index contributed by atoms with van der Waals surface area (Å²) in [6, 6.07) is 3.54. The zero-order valence-electron chi connectivity index (χ0n) is 10.8. The van der Waals surface area contributed by atoms with Crippen molar-refractivity contribution in [2.24, 2.45) is 5.92 Å². The minimum atomic E-state index is -3.48. The average molecular weight is 272 g/mol. The molecule has 1 aromatic heterocycles. The molecular formula is C12H20N2O3S. The van der Waals surface area contributed by atoms with Gasteiger partial charge >= 0.3 is 0 Å². The maximum absolute atomic E-state index is 11.9. The van der Waals surface area contributed by atoms with Gasteiger partial charge in [0.05, 0.1) is 6.54 Å². The van der Waals surface area contributed by atoms with Gasteiger partial charge in [0.15, 0.2) is 0 Å². The van der Waals surface area contributed by atoms with Gasteiger partial charge in [-0.3, -0.25) is 0 Å². The molecule has 5 nitrogen and oxygen atoms in total. The summed E-state index contributed by atoms with van der Waals surface area (Å²) in [5, 5.41) is 3.18. The minimum absolute atomic E-state index is 0.00343. The third-order valence-electron chi connectivity index (χ3n) is 2.85. The van der Waals surface area contributed by atoms with Gasteiger partial charge in [-0.2, -0.15) is 0 Å². The molecule has 1 saturated carbocycles. The van der Waals surface area contributed by atoms with Crippen LogP contribution in [0.15, 0.2) is 21.6 Å². The number of rotatable bonds is 7. The summed E-state index contributed by atoms with van der Waals surface area (Å²) < 4.78 is 31.7. The van der Waals surface area contributed by atoms with Gasteiger partial charge in [0.25, 0.3) is 10.0 Å². The van der Waals surface area contributed by atoms with Crippen LogP contribution < -0.4 is 10.0 Å². The monoisotopic (exact) mass is 272 g/mol. The summed E-state index contributed by atoms with van der Waals surface area (Å²) in [6.07, 6.45) is 2.23. The minimum Gasteiger partial charge on any atom is -0.447 e. The molecule has 0 amide bonds. The molecule has 0 spiro atoms. The van der Waals surface area contributed by atoms with Crippen LogP contribution in [0.25, 0.3) is 0 Å². The second-order valence-corrected chi connectivity index (χ2v) is 6.75. The van der Waals surface area contributed by atoms with E-state index in [-0.39, 0.29) is 5.09 Å². The van der Waals surface area contributed by atoms with Crippen molar-refractivity contribution >= 4 is 10.0 Å². The lowest BCUT2D eigenvalue weighted by Crippen LogP contribution is -2.25. The standard InChI is InChI=1S/C12H20N2O3S/c1-9(2)13-8-11-5-6-12(17-11)18(15,16)14-7-10-3-4-10/h5-6,9-10,13-14H,3-4,7-8H2,1-2H3. The number of hydrogen-bond acceptors (Lipinski definition) is 4. The zero-order chi connectivity index (χ0) is 13.2. The van der Waals surface area contributed by atoms with Gasteiger partial charge in [0.2, 0.25) is 5.09 Å². The maximum atomic E-state index is 11.9. The van der Waals surface area contributed by atoms with Crippen LogP contribution in [0.1, 0.15) is 32.4 Å². The molecule has 6 heteroatoms. The molecule has 1 aliphatic rings. The Hall–Kier alpha value is -0.850. The Morgan fingerprint density at radius 3 is 2.72 bits per heavy atom. The Labute approximate surface area is 108 Å². The lowest BCUT2D eigenvalue weighted by molar-refractivity contribution is 0.393. The Morgan fingerprint density at radius 2 is 2.11 bits per heavy atom. The molecule has 0 saturated heterocycles. The zero-order valence-corrected chi connectivity index (χ0v) is 11.6. The summed E-state index contributed by atoms with van der Waals surface area (Å²) in [7, 11) is -3.48. The Kier molecular flexibility index (Phi) is 4.09. The van der Waals surface area contributed by atoms with Crippen molar-refractivity contribution in [3.8, 4) is 0 Å². The number of furan rings is 1. The Morgan fingerprint density at radius 1 is 1.39 bits per heavy atom. The SMILES string of the molecule is CC(C)NCc1ccc(S(=O)(=O)NCC2CC2)o1. The molecule has 18 heavy (non-hydrogen) atoms. The first-order chi connectivity index (χ1) is 8.47. The molecule has 1 heterocycles. The highest BCUT2D eigenvalue weighted by atomic mass is 32.2. The van der Waals surface area contributed by atoms with Crippen molar-refractivity contribution in [1.29, 1.82) is 0 Å². The van der Waals surface area contributed by atoms with Crippen LogP contribution in [0, 0.1) is 5.92 Å². The predicted molar refractivity (Wildman–Crippen MR) is 68.6 cm³/mol. The first kappa shape index (κ1) is 13.6. The van der Waals surface area contributed by atoms with Crippen LogP contribution in [0.5, 0.6) is 0 Å². The number of nitrogens with one attached hydrogen (secondary N) is 2. The van der Waals surface area contributed by atoms with Crippen LogP contribution >= 0.6 is 0 Å². The smallest absolute Gasteiger partial charge is 0.273 e. The van der Waals surface area contributed by atoms with Gasteiger partial charge in [0, 0.05) is 12.6 Å². The van der Waals surface area contributed by atoms with Gasteiger partial charge in [-0.05, 0) is 30.9 Å². The van der Waals surface area contributed by atoms with Crippen molar-refractivity contribution in [1.82, 2.24) is 10.0 Å². The molecule has 102 valence electrons. The van der Waals surface area contributed by atoms with Crippen LogP contribution in [0.3, 0.4) is 0 Å². The molecular weight excluding hydrogens is 252 g/mol. The van der Waals surface area contributed by atoms with E-state index in [0.29, 0.717) is 30.8 Å². The second-order valence-electron chi connectivity index (χ2n) is 5.05. The van der Waals surface area contributed by atoms with E-state index in [2.05, 4.69) is 10.0 Å². The number of sulfonamides is 1. The third-order valence-corrected chi connectivity index (χ3v) is 4.14. The van der Waals surface area contributed by atoms with Crippen LogP contribution in [-0.4, -0.2) is 21.0 Å². The average Bonchev–Trinajstić information content (AvgIpc) is 3.00. The van der Waals surface area contributed by atoms with Gasteiger partial charge in [0.1, 0.15) is 5.76 Å². The van der Waals surface area contributed by atoms with E-state index in [9.17, 15) is 8.42 Å². The van der Waals surface area contributed by atoms with Gasteiger partial charge in [-0.15, -0.1) is 0 Å². The topological polar surface area (TPSA) is 71.3 Å². The summed E-state index contributed by atoms with van der Waals surface area (Å²) in [5.41, 5.74) is 0. The quantitative estimate of drug-likeness (QED) is 0.788. The van der Waals surface area contributed by atoms with E-state index in [4.69, 9.17) is 4.42 Å². The molecule has 2 N–H and O–H groups in total. The third kappa shape index (κ3) is 3.83. The fourth-order valence-electron chi connectivity index (χ4n) is 1.52. The molecule has 2 rings (SSSR count). The first-order valence-corrected chi connectivity index (χ1v) is 7.77. The van der Waals surface area contributed by atoms with Gasteiger partial charge in [-0.1, -0.05) is 13.8 Å². The van der Waals surface area contributed by atoms with E-state index >= 15 is 0 Å². The fourth-order valence-corrected chi connectivity index (χ4v) is 2.58. The fraction of sp³-hybridized carbons (Fsp3) is 0.667.